The number of hydrogen-bond acceptors (Lipinski definition) is 4. The van der Waals surface area contributed by atoms with Crippen molar-refractivity contribution in [2.24, 2.45) is 7.05 Å². The number of aromatic nitrogens is 3. The van der Waals surface area contributed by atoms with Crippen LogP contribution in [0.2, 0.25) is 0 Å². The fourth-order valence-electron chi connectivity index (χ4n) is 2.29. The number of nitrogens with one attached hydrogen (secondary N) is 1. The van der Waals surface area contributed by atoms with Crippen molar-refractivity contribution in [1.29, 1.82) is 0 Å². The van der Waals surface area contributed by atoms with Crippen molar-refractivity contribution >= 4 is 11.1 Å². The first kappa shape index (κ1) is 11.9. The summed E-state index contributed by atoms with van der Waals surface area (Å²) in [7, 11) is 3.88. The molecule has 5 heteroatoms. The van der Waals surface area contributed by atoms with E-state index in [0.717, 1.165) is 34.5 Å². The molecule has 3 aromatic rings. The summed E-state index contributed by atoms with van der Waals surface area (Å²) < 4.78 is 7.47. The molecule has 1 aromatic carbocycles. The molecule has 0 atom stereocenters. The first-order chi connectivity index (χ1) is 9.19. The van der Waals surface area contributed by atoms with Crippen molar-refractivity contribution in [1.82, 2.24) is 20.1 Å². The summed E-state index contributed by atoms with van der Waals surface area (Å²) in [4.78, 5) is 4.31. The Bertz CT molecular complexity index is 726. The van der Waals surface area contributed by atoms with Gasteiger partial charge in [-0.15, -0.1) is 0 Å². The van der Waals surface area contributed by atoms with E-state index in [4.69, 9.17) is 4.42 Å². The Morgan fingerprint density at radius 3 is 3.00 bits per heavy atom. The molecule has 1 N–H and O–H groups in total. The number of aryl methyl sites for hydroxylation is 2. The minimum Gasteiger partial charge on any atom is -0.441 e. The Balaban J connectivity index is 2.13. The van der Waals surface area contributed by atoms with Crippen LogP contribution < -0.4 is 5.32 Å². The normalized spacial score (nSPS) is 11.3. The number of fused-ring (bicyclic) bond motifs is 1. The van der Waals surface area contributed by atoms with Gasteiger partial charge in [-0.3, -0.25) is 4.68 Å². The summed E-state index contributed by atoms with van der Waals surface area (Å²) in [6.45, 7) is 2.63. The first-order valence-electron chi connectivity index (χ1n) is 6.22. The molecule has 19 heavy (non-hydrogen) atoms. The molecule has 2 heterocycles. The fourth-order valence-corrected chi connectivity index (χ4v) is 2.29. The van der Waals surface area contributed by atoms with Crippen molar-refractivity contribution in [3.8, 4) is 11.1 Å². The Hall–Kier alpha value is -2.14. The van der Waals surface area contributed by atoms with E-state index < -0.39 is 0 Å². The second kappa shape index (κ2) is 4.51. The van der Waals surface area contributed by atoms with E-state index in [2.05, 4.69) is 21.5 Å². The maximum absolute atomic E-state index is 5.58. The lowest BCUT2D eigenvalue weighted by Gasteiger charge is -2.05. The third-order valence-corrected chi connectivity index (χ3v) is 3.21. The molecule has 0 fully saturated rings. The average molecular weight is 256 g/mol. The first-order valence-corrected chi connectivity index (χ1v) is 6.22. The molecule has 2 aromatic heterocycles. The Morgan fingerprint density at radius 1 is 1.37 bits per heavy atom. The van der Waals surface area contributed by atoms with E-state index in [0.29, 0.717) is 5.89 Å². The van der Waals surface area contributed by atoms with Crippen molar-refractivity contribution in [2.45, 2.75) is 13.5 Å². The van der Waals surface area contributed by atoms with E-state index in [1.165, 1.54) is 0 Å². The zero-order valence-corrected chi connectivity index (χ0v) is 11.3. The lowest BCUT2D eigenvalue weighted by atomic mass is 10.1. The van der Waals surface area contributed by atoms with Crippen LogP contribution in [0.25, 0.3) is 22.2 Å². The molecule has 3 rings (SSSR count). The average Bonchev–Trinajstić information content (AvgIpc) is 2.92. The van der Waals surface area contributed by atoms with Crippen LogP contribution in [0.3, 0.4) is 0 Å². The minimum absolute atomic E-state index is 0.689. The molecule has 0 saturated heterocycles. The monoisotopic (exact) mass is 256 g/mol. The smallest absolute Gasteiger partial charge is 0.192 e. The Labute approximate surface area is 111 Å². The van der Waals surface area contributed by atoms with Gasteiger partial charge in [0.2, 0.25) is 0 Å². The standard InChI is InChI=1S/C14H16N4O/c1-9-17-12-5-4-10(6-14(12)19-9)11-7-16-18(3)13(11)8-15-2/h4-7,15H,8H2,1-3H3. The number of benzene rings is 1. The molecule has 0 bridgehead atoms. The molecule has 0 aliphatic heterocycles. The number of hydrogen-bond donors (Lipinski definition) is 1. The van der Waals surface area contributed by atoms with Crippen LogP contribution in [0, 0.1) is 6.92 Å². The van der Waals surface area contributed by atoms with Gasteiger partial charge in [0.05, 0.1) is 11.9 Å². The largest absolute Gasteiger partial charge is 0.441 e. The molecule has 0 unspecified atom stereocenters. The number of nitrogens with zero attached hydrogens (tertiary/aromatic N) is 3. The highest BCUT2D eigenvalue weighted by Crippen LogP contribution is 2.27. The summed E-state index contributed by atoms with van der Waals surface area (Å²) in [6.07, 6.45) is 1.89. The van der Waals surface area contributed by atoms with Crippen LogP contribution in [0.15, 0.2) is 28.8 Å². The highest BCUT2D eigenvalue weighted by molar-refractivity contribution is 5.80. The quantitative estimate of drug-likeness (QED) is 0.781. The van der Waals surface area contributed by atoms with Gasteiger partial charge in [0.25, 0.3) is 0 Å². The maximum Gasteiger partial charge on any atom is 0.192 e. The van der Waals surface area contributed by atoms with Gasteiger partial charge in [0, 0.05) is 26.1 Å². The molecule has 0 aliphatic rings. The molecule has 5 nitrogen and oxygen atoms in total. The lowest BCUT2D eigenvalue weighted by molar-refractivity contribution is 0.561. The summed E-state index contributed by atoms with van der Waals surface area (Å²) in [5.74, 6) is 0.689. The minimum atomic E-state index is 0.689. The van der Waals surface area contributed by atoms with Crippen LogP contribution in [0.1, 0.15) is 11.6 Å². The predicted molar refractivity (Wildman–Crippen MR) is 73.7 cm³/mol. The third kappa shape index (κ3) is 2.02. The second-order valence-corrected chi connectivity index (χ2v) is 4.57. The van der Waals surface area contributed by atoms with E-state index in [9.17, 15) is 0 Å². The SMILES string of the molecule is CNCc1c(-c2ccc3nc(C)oc3c2)cnn1C. The summed E-state index contributed by atoms with van der Waals surface area (Å²) in [6, 6.07) is 6.06. The molecule has 0 aliphatic carbocycles. The number of rotatable bonds is 3. The molecular formula is C14H16N4O. The Morgan fingerprint density at radius 2 is 2.21 bits per heavy atom. The molecule has 0 amide bonds. The van der Waals surface area contributed by atoms with Crippen LogP contribution >= 0.6 is 0 Å². The molecule has 98 valence electrons. The molecule has 0 radical (unpaired) electrons. The van der Waals surface area contributed by atoms with Crippen LogP contribution in [-0.2, 0) is 13.6 Å². The van der Waals surface area contributed by atoms with Gasteiger partial charge in [-0.2, -0.15) is 5.10 Å². The van der Waals surface area contributed by atoms with Gasteiger partial charge in [-0.25, -0.2) is 4.98 Å². The van der Waals surface area contributed by atoms with Crippen LogP contribution in [0.5, 0.6) is 0 Å². The van der Waals surface area contributed by atoms with Crippen LogP contribution in [0.4, 0.5) is 0 Å². The topological polar surface area (TPSA) is 55.9 Å². The van der Waals surface area contributed by atoms with Gasteiger partial charge in [0.1, 0.15) is 5.52 Å². The van der Waals surface area contributed by atoms with Gasteiger partial charge >= 0.3 is 0 Å². The highest BCUT2D eigenvalue weighted by Gasteiger charge is 2.11. The van der Waals surface area contributed by atoms with Crippen molar-refractivity contribution in [3.63, 3.8) is 0 Å². The van der Waals surface area contributed by atoms with Crippen LogP contribution in [-0.4, -0.2) is 21.8 Å². The van der Waals surface area contributed by atoms with Gasteiger partial charge in [-0.05, 0) is 24.7 Å². The zero-order valence-electron chi connectivity index (χ0n) is 11.3. The predicted octanol–water partition coefficient (Wildman–Crippen LogP) is 2.26. The van der Waals surface area contributed by atoms with E-state index >= 15 is 0 Å². The molecular weight excluding hydrogens is 240 g/mol. The van der Waals surface area contributed by atoms with E-state index in [-0.39, 0.29) is 0 Å². The van der Waals surface area contributed by atoms with Crippen molar-refractivity contribution < 1.29 is 4.42 Å². The second-order valence-electron chi connectivity index (χ2n) is 4.57. The highest BCUT2D eigenvalue weighted by atomic mass is 16.3. The van der Waals surface area contributed by atoms with E-state index in [1.807, 2.05) is 44.0 Å². The van der Waals surface area contributed by atoms with Gasteiger partial charge in [-0.1, -0.05) is 6.07 Å². The Kier molecular flexibility index (Phi) is 2.83. The molecule has 0 saturated carbocycles. The summed E-state index contributed by atoms with van der Waals surface area (Å²) >= 11 is 0. The van der Waals surface area contributed by atoms with E-state index in [1.54, 1.807) is 0 Å². The fraction of sp³-hybridized carbons (Fsp3) is 0.286. The van der Waals surface area contributed by atoms with Crippen molar-refractivity contribution in [2.75, 3.05) is 7.05 Å². The zero-order chi connectivity index (χ0) is 13.4. The molecule has 0 spiro atoms. The van der Waals surface area contributed by atoms with Crippen molar-refractivity contribution in [3.05, 3.63) is 36.0 Å². The third-order valence-electron chi connectivity index (χ3n) is 3.21. The maximum atomic E-state index is 5.58. The number of oxazole rings is 1. The summed E-state index contributed by atoms with van der Waals surface area (Å²) in [5, 5.41) is 7.49. The van der Waals surface area contributed by atoms with Gasteiger partial charge in [0.15, 0.2) is 11.5 Å². The lowest BCUT2D eigenvalue weighted by Crippen LogP contribution is -2.10. The van der Waals surface area contributed by atoms with Gasteiger partial charge < -0.3 is 9.73 Å². The summed E-state index contributed by atoms with van der Waals surface area (Å²) in [5.41, 5.74) is 5.07.